The Kier molecular flexibility index (Phi) is 12.1. The summed E-state index contributed by atoms with van der Waals surface area (Å²) in [5.41, 5.74) is 5.88. The van der Waals surface area contributed by atoms with Crippen molar-refractivity contribution in [2.24, 2.45) is 0 Å². The van der Waals surface area contributed by atoms with E-state index in [-0.39, 0.29) is 56.7 Å². The third-order valence-electron chi connectivity index (χ3n) is 10.6. The maximum absolute atomic E-state index is 15.4. The molecular weight excluding hydrogens is 758 g/mol. The fourth-order valence-corrected chi connectivity index (χ4v) is 7.62. The Labute approximate surface area is 342 Å². The molecule has 13 nitrogen and oxygen atoms in total. The lowest BCUT2D eigenvalue weighted by molar-refractivity contribution is -0.131. The maximum atomic E-state index is 15.4. The van der Waals surface area contributed by atoms with Gasteiger partial charge < -0.3 is 34.6 Å². The van der Waals surface area contributed by atoms with Crippen molar-refractivity contribution in [2.75, 3.05) is 55.7 Å². The number of piperazine rings is 1. The molecule has 2 saturated heterocycles. The second kappa shape index (κ2) is 17.6. The van der Waals surface area contributed by atoms with Gasteiger partial charge in [-0.25, -0.2) is 18.8 Å². The van der Waals surface area contributed by atoms with Crippen LogP contribution in [-0.4, -0.2) is 92.5 Å². The number of carbonyl (C=O) groups is 5. The van der Waals surface area contributed by atoms with E-state index in [4.69, 9.17) is 14.2 Å². The normalized spacial score (nSPS) is 16.2. The molecule has 2 N–H and O–H groups in total. The number of anilines is 2. The van der Waals surface area contributed by atoms with Crippen molar-refractivity contribution in [3.05, 3.63) is 119 Å². The summed E-state index contributed by atoms with van der Waals surface area (Å²) in [5.74, 6) is -0.868. The van der Waals surface area contributed by atoms with Crippen molar-refractivity contribution in [1.82, 2.24) is 15.5 Å². The van der Waals surface area contributed by atoms with Crippen molar-refractivity contribution in [3.63, 3.8) is 0 Å². The number of hydrogen-bond acceptors (Lipinski definition) is 9. The number of hydrogen-bond donors (Lipinski definition) is 2. The van der Waals surface area contributed by atoms with E-state index in [0.29, 0.717) is 43.1 Å². The number of nitrogens with one attached hydrogen (secondary N) is 2. The number of benzene rings is 4. The molecule has 0 spiro atoms. The highest BCUT2D eigenvalue weighted by Gasteiger charge is 2.34. The number of halogens is 1. The van der Waals surface area contributed by atoms with E-state index in [1.165, 1.54) is 11.0 Å². The van der Waals surface area contributed by atoms with Gasteiger partial charge in [0, 0.05) is 57.0 Å². The number of nitrogens with zero attached hydrogens (tertiary/aromatic N) is 3. The Morgan fingerprint density at radius 3 is 2.12 bits per heavy atom. The largest absolute Gasteiger partial charge is 0.449 e. The number of ketones is 1. The molecule has 59 heavy (non-hydrogen) atoms. The van der Waals surface area contributed by atoms with Gasteiger partial charge in [-0.3, -0.25) is 14.5 Å². The Balaban J connectivity index is 0.813. The number of fused-ring (bicyclic) bond motifs is 3. The van der Waals surface area contributed by atoms with Crippen LogP contribution >= 0.6 is 0 Å². The quantitative estimate of drug-likeness (QED) is 0.114. The number of amides is 4. The molecular formula is C45H48FN5O8. The molecule has 2 fully saturated rings. The van der Waals surface area contributed by atoms with Crippen molar-refractivity contribution < 1.29 is 42.6 Å². The fraction of sp³-hybridized carbons (Fsp3) is 0.356. The minimum absolute atomic E-state index is 0.0333. The van der Waals surface area contributed by atoms with E-state index in [1.54, 1.807) is 62.1 Å². The van der Waals surface area contributed by atoms with Crippen LogP contribution in [0.4, 0.5) is 30.1 Å². The molecule has 1 atom stereocenters. The van der Waals surface area contributed by atoms with E-state index in [0.717, 1.165) is 27.8 Å². The van der Waals surface area contributed by atoms with Gasteiger partial charge in [-0.2, -0.15) is 0 Å². The van der Waals surface area contributed by atoms with E-state index >= 15 is 4.39 Å². The molecule has 7 rings (SSSR count). The molecule has 2 heterocycles. The van der Waals surface area contributed by atoms with Crippen molar-refractivity contribution in [1.29, 1.82) is 0 Å². The zero-order valence-corrected chi connectivity index (χ0v) is 33.4. The van der Waals surface area contributed by atoms with Crippen LogP contribution in [0.25, 0.3) is 11.1 Å². The van der Waals surface area contributed by atoms with Crippen molar-refractivity contribution >= 4 is 41.3 Å². The first-order valence-corrected chi connectivity index (χ1v) is 19.8. The van der Waals surface area contributed by atoms with Gasteiger partial charge in [0.25, 0.3) is 0 Å². The average molecular weight is 806 g/mol. The van der Waals surface area contributed by atoms with Gasteiger partial charge in [-0.15, -0.1) is 0 Å². The van der Waals surface area contributed by atoms with E-state index < -0.39 is 35.8 Å². The highest BCUT2D eigenvalue weighted by Crippen LogP contribution is 2.44. The van der Waals surface area contributed by atoms with Gasteiger partial charge >= 0.3 is 18.3 Å². The highest BCUT2D eigenvalue weighted by molar-refractivity contribution is 5.98. The maximum Gasteiger partial charge on any atom is 0.414 e. The van der Waals surface area contributed by atoms with Gasteiger partial charge in [-0.05, 0) is 66.8 Å². The minimum Gasteiger partial charge on any atom is -0.449 e. The number of Topliss-reactive ketones (excluding diaryl/α,β-unsaturated/α-hetero) is 1. The Hall–Kier alpha value is -6.44. The summed E-state index contributed by atoms with van der Waals surface area (Å²) < 4.78 is 31.6. The first kappa shape index (κ1) is 40.7. The summed E-state index contributed by atoms with van der Waals surface area (Å²) in [4.78, 5) is 68.0. The standard InChI is InChI=1S/C45H48FN5O8/c1-45(2,3)59-43(55)48-26-32-27-51(44(56)58-32)31-16-17-39(38(46)24-31)49-20-22-50(23-21-49)41(53)19-18-40(52)30-14-12-29(13-15-30)25-47-42(54)57-28-37-35-10-6-4-8-33(35)34-9-5-7-11-36(34)37/h4-17,24,32,37H,18-23,25-28H2,1-3H3,(H,47,54)(H,48,55)/t32-/m0/s1. The lowest BCUT2D eigenvalue weighted by Crippen LogP contribution is -2.49. The van der Waals surface area contributed by atoms with Crippen LogP contribution in [0, 0.1) is 5.82 Å². The molecule has 0 bridgehead atoms. The Bertz CT molecular complexity index is 2170. The lowest BCUT2D eigenvalue weighted by Gasteiger charge is -2.36. The number of carbonyl (C=O) groups excluding carboxylic acids is 5. The fourth-order valence-electron chi connectivity index (χ4n) is 7.62. The lowest BCUT2D eigenvalue weighted by atomic mass is 9.98. The zero-order chi connectivity index (χ0) is 41.7. The molecule has 0 radical (unpaired) electrons. The van der Waals surface area contributed by atoms with Crippen LogP contribution in [0.5, 0.6) is 0 Å². The van der Waals surface area contributed by atoms with Gasteiger partial charge in [0.15, 0.2) is 5.78 Å². The molecule has 3 aliphatic rings. The predicted octanol–water partition coefficient (Wildman–Crippen LogP) is 7.03. The second-order valence-electron chi connectivity index (χ2n) is 15.8. The zero-order valence-electron chi connectivity index (χ0n) is 33.4. The summed E-state index contributed by atoms with van der Waals surface area (Å²) in [6.07, 6.45) is -2.33. The van der Waals surface area contributed by atoms with Crippen LogP contribution in [0.15, 0.2) is 91.0 Å². The number of alkyl carbamates (subject to hydrolysis) is 2. The van der Waals surface area contributed by atoms with Crippen molar-refractivity contribution in [2.45, 2.75) is 57.8 Å². The summed E-state index contributed by atoms with van der Waals surface area (Å²) in [5, 5.41) is 5.37. The molecule has 14 heteroatoms. The number of ether oxygens (including phenoxy) is 3. The molecule has 4 amide bonds. The molecule has 308 valence electrons. The summed E-state index contributed by atoms with van der Waals surface area (Å²) in [6, 6.07) is 27.7. The van der Waals surface area contributed by atoms with Crippen LogP contribution in [-0.2, 0) is 25.5 Å². The van der Waals surface area contributed by atoms with Gasteiger partial charge in [0.05, 0.1) is 24.5 Å². The molecule has 1 aliphatic carbocycles. The van der Waals surface area contributed by atoms with Gasteiger partial charge in [0.2, 0.25) is 5.91 Å². The molecule has 4 aromatic carbocycles. The summed E-state index contributed by atoms with van der Waals surface area (Å²) in [7, 11) is 0. The molecule has 2 aliphatic heterocycles. The van der Waals surface area contributed by atoms with Crippen LogP contribution < -0.4 is 20.4 Å². The minimum atomic E-state index is -0.666. The van der Waals surface area contributed by atoms with Crippen LogP contribution in [0.3, 0.4) is 0 Å². The monoisotopic (exact) mass is 805 g/mol. The highest BCUT2D eigenvalue weighted by atomic mass is 19.1. The van der Waals surface area contributed by atoms with Crippen LogP contribution in [0.1, 0.15) is 66.6 Å². The molecule has 0 unspecified atom stereocenters. The Morgan fingerprint density at radius 2 is 1.47 bits per heavy atom. The molecule has 4 aromatic rings. The summed E-state index contributed by atoms with van der Waals surface area (Å²) >= 11 is 0. The van der Waals surface area contributed by atoms with Crippen LogP contribution in [0.2, 0.25) is 0 Å². The molecule has 0 saturated carbocycles. The van der Waals surface area contributed by atoms with Gasteiger partial charge in [0.1, 0.15) is 24.1 Å². The topological polar surface area (TPSA) is 147 Å². The second-order valence-corrected chi connectivity index (χ2v) is 15.8. The smallest absolute Gasteiger partial charge is 0.414 e. The van der Waals surface area contributed by atoms with E-state index in [2.05, 4.69) is 34.9 Å². The van der Waals surface area contributed by atoms with Gasteiger partial charge in [-0.1, -0.05) is 72.8 Å². The number of rotatable bonds is 12. The average Bonchev–Trinajstić information content (AvgIpc) is 3.76. The van der Waals surface area contributed by atoms with Crippen molar-refractivity contribution in [3.8, 4) is 11.1 Å². The SMILES string of the molecule is CC(C)(C)OC(=O)NC[C@H]1CN(c2ccc(N3CCN(C(=O)CCC(=O)c4ccc(CNC(=O)OCC5c6ccccc6-c6ccccc65)cc4)CC3)c(F)c2)C(=O)O1. The third-order valence-corrected chi connectivity index (χ3v) is 10.6. The summed E-state index contributed by atoms with van der Waals surface area (Å²) in [6.45, 7) is 7.38. The molecule has 0 aromatic heterocycles. The Morgan fingerprint density at radius 1 is 0.814 bits per heavy atom. The van der Waals surface area contributed by atoms with E-state index in [9.17, 15) is 24.0 Å². The predicted molar refractivity (Wildman–Crippen MR) is 219 cm³/mol. The number of cyclic esters (lactones) is 1. The first-order chi connectivity index (χ1) is 28.3. The first-order valence-electron chi connectivity index (χ1n) is 19.8. The van der Waals surface area contributed by atoms with E-state index in [1.807, 2.05) is 29.2 Å². The third kappa shape index (κ3) is 9.82.